The highest BCUT2D eigenvalue weighted by molar-refractivity contribution is 6.06. The summed E-state index contributed by atoms with van der Waals surface area (Å²) in [6.45, 7) is 4.87. The molecule has 1 aliphatic carbocycles. The van der Waals surface area contributed by atoms with Crippen molar-refractivity contribution in [1.82, 2.24) is 14.8 Å². The number of likely N-dealkylation sites (N-methyl/N-ethyl adjacent to an activating group) is 1. The van der Waals surface area contributed by atoms with Crippen LogP contribution in [0.2, 0.25) is 0 Å². The highest BCUT2D eigenvalue weighted by Crippen LogP contribution is 2.47. The van der Waals surface area contributed by atoms with Gasteiger partial charge in [0.15, 0.2) is 0 Å². The molecule has 3 atom stereocenters. The van der Waals surface area contributed by atoms with Crippen molar-refractivity contribution in [3.8, 4) is 0 Å². The molecule has 1 saturated heterocycles. The van der Waals surface area contributed by atoms with E-state index in [0.29, 0.717) is 36.8 Å². The van der Waals surface area contributed by atoms with E-state index in [-0.39, 0.29) is 36.3 Å². The third kappa shape index (κ3) is 4.56. The Hall–Kier alpha value is -4.04. The second kappa shape index (κ2) is 10.2. The first kappa shape index (κ1) is 26.2. The number of anilines is 2. The summed E-state index contributed by atoms with van der Waals surface area (Å²) in [6, 6.07) is 19.1. The first-order chi connectivity index (χ1) is 19.2. The topological polar surface area (TPSA) is 94.6 Å². The van der Waals surface area contributed by atoms with Gasteiger partial charge in [-0.2, -0.15) is 0 Å². The zero-order valence-electron chi connectivity index (χ0n) is 23.2. The molecule has 0 radical (unpaired) electrons. The molecule has 1 fully saturated rings. The van der Waals surface area contributed by atoms with E-state index in [4.69, 9.17) is 0 Å². The third-order valence-electron chi connectivity index (χ3n) is 8.59. The quantitative estimate of drug-likeness (QED) is 0.497. The van der Waals surface area contributed by atoms with Gasteiger partial charge in [0, 0.05) is 24.0 Å². The van der Waals surface area contributed by atoms with Crippen LogP contribution in [0.4, 0.5) is 11.5 Å². The van der Waals surface area contributed by atoms with Crippen molar-refractivity contribution >= 4 is 29.2 Å². The largest absolute Gasteiger partial charge is 0.325 e. The van der Waals surface area contributed by atoms with Gasteiger partial charge in [0.25, 0.3) is 0 Å². The smallest absolute Gasteiger partial charge is 0.244 e. The normalized spacial score (nSPS) is 23.9. The zero-order valence-corrected chi connectivity index (χ0v) is 23.2. The predicted molar refractivity (Wildman–Crippen MR) is 154 cm³/mol. The molecule has 2 N–H and O–H groups in total. The number of benzene rings is 2. The third-order valence-corrected chi connectivity index (χ3v) is 8.59. The Balaban J connectivity index is 1.21. The molecule has 8 nitrogen and oxygen atoms in total. The molecule has 3 amide bonds. The SMILES string of the molecule is CC(C)C[C@H]1C(=O)N(CC(=O)Nc2ccc3c(c2)C[C@@]2(C3)C(=O)Nc3ncccc32)[C@@H](c2ccccc2)CN1C. The molecule has 206 valence electrons. The van der Waals surface area contributed by atoms with E-state index in [0.717, 1.165) is 28.7 Å². The van der Waals surface area contributed by atoms with Crippen LogP contribution in [-0.2, 0) is 32.6 Å². The number of carbonyl (C=O) groups excluding carboxylic acids is 3. The number of hydrogen-bond acceptors (Lipinski definition) is 5. The first-order valence-corrected chi connectivity index (χ1v) is 14.0. The number of amides is 3. The molecule has 0 saturated carbocycles. The minimum absolute atomic E-state index is 0.0122. The molecule has 0 unspecified atom stereocenters. The van der Waals surface area contributed by atoms with Gasteiger partial charge in [-0.15, -0.1) is 0 Å². The van der Waals surface area contributed by atoms with E-state index >= 15 is 0 Å². The van der Waals surface area contributed by atoms with Crippen molar-refractivity contribution in [2.75, 3.05) is 30.8 Å². The van der Waals surface area contributed by atoms with Crippen molar-refractivity contribution in [2.24, 2.45) is 5.92 Å². The van der Waals surface area contributed by atoms with Crippen LogP contribution >= 0.6 is 0 Å². The lowest BCUT2D eigenvalue weighted by Crippen LogP contribution is -2.58. The Morgan fingerprint density at radius 3 is 2.62 bits per heavy atom. The number of piperazine rings is 1. The Labute approximate surface area is 234 Å². The summed E-state index contributed by atoms with van der Waals surface area (Å²) >= 11 is 0. The molecule has 1 spiro atoms. The first-order valence-electron chi connectivity index (χ1n) is 14.0. The monoisotopic (exact) mass is 537 g/mol. The minimum Gasteiger partial charge on any atom is -0.325 e. The number of nitrogens with one attached hydrogen (secondary N) is 2. The number of aromatic nitrogens is 1. The molecular weight excluding hydrogens is 502 g/mol. The number of rotatable bonds is 6. The van der Waals surface area contributed by atoms with Gasteiger partial charge in [-0.1, -0.05) is 56.3 Å². The van der Waals surface area contributed by atoms with Crippen LogP contribution in [0.25, 0.3) is 0 Å². The molecule has 2 aliphatic heterocycles. The summed E-state index contributed by atoms with van der Waals surface area (Å²) < 4.78 is 0. The lowest BCUT2D eigenvalue weighted by Gasteiger charge is -2.44. The highest BCUT2D eigenvalue weighted by Gasteiger charge is 2.51. The van der Waals surface area contributed by atoms with Crippen LogP contribution in [0.15, 0.2) is 66.9 Å². The molecule has 8 heteroatoms. The van der Waals surface area contributed by atoms with Gasteiger partial charge >= 0.3 is 0 Å². The molecule has 6 rings (SSSR count). The molecule has 3 heterocycles. The number of pyridine rings is 1. The van der Waals surface area contributed by atoms with Crippen molar-refractivity contribution in [3.05, 3.63) is 89.1 Å². The minimum atomic E-state index is -0.658. The standard InChI is InChI=1S/C32H35N5O3/c1-20(2)14-26-30(39)37(27(18-36(26)3)21-8-5-4-6-9-21)19-28(38)34-24-12-11-22-16-32(17-23(22)15-24)25-10-7-13-33-29(25)35-31(32)40/h4-13,15,20,26-27H,14,16-19H2,1-3H3,(H,34,38)(H,33,35,40)/t26-,27+,32+/m0/s1. The van der Waals surface area contributed by atoms with E-state index in [1.165, 1.54) is 0 Å². The Kier molecular flexibility index (Phi) is 6.66. The number of carbonyl (C=O) groups is 3. The number of nitrogens with zero attached hydrogens (tertiary/aromatic N) is 3. The summed E-state index contributed by atoms with van der Waals surface area (Å²) in [4.78, 5) is 48.4. The van der Waals surface area contributed by atoms with Gasteiger partial charge in [0.1, 0.15) is 12.4 Å². The van der Waals surface area contributed by atoms with Gasteiger partial charge in [-0.3, -0.25) is 19.3 Å². The Morgan fingerprint density at radius 1 is 1.07 bits per heavy atom. The molecule has 40 heavy (non-hydrogen) atoms. The van der Waals surface area contributed by atoms with Crippen LogP contribution in [0.3, 0.4) is 0 Å². The fraction of sp³-hybridized carbons (Fsp3) is 0.375. The van der Waals surface area contributed by atoms with Gasteiger partial charge in [0.2, 0.25) is 17.7 Å². The number of fused-ring (bicyclic) bond motifs is 3. The van der Waals surface area contributed by atoms with Crippen molar-refractivity contribution < 1.29 is 14.4 Å². The van der Waals surface area contributed by atoms with Gasteiger partial charge in [0.05, 0.1) is 17.5 Å². The molecule has 3 aliphatic rings. The summed E-state index contributed by atoms with van der Waals surface area (Å²) in [7, 11) is 1.99. The predicted octanol–water partition coefficient (Wildman–Crippen LogP) is 3.94. The van der Waals surface area contributed by atoms with Crippen molar-refractivity contribution in [1.29, 1.82) is 0 Å². The maximum absolute atomic E-state index is 13.7. The summed E-state index contributed by atoms with van der Waals surface area (Å²) in [5.74, 6) is 0.721. The van der Waals surface area contributed by atoms with Crippen LogP contribution in [0.1, 0.15) is 48.6 Å². The summed E-state index contributed by atoms with van der Waals surface area (Å²) in [6.07, 6.45) is 3.59. The lowest BCUT2D eigenvalue weighted by atomic mass is 9.79. The van der Waals surface area contributed by atoms with Gasteiger partial charge in [-0.05, 0) is 67.1 Å². The molecule has 0 bridgehead atoms. The van der Waals surface area contributed by atoms with E-state index in [1.54, 1.807) is 11.1 Å². The fourth-order valence-electron chi connectivity index (χ4n) is 6.61. The Bertz CT molecular complexity index is 1470. The van der Waals surface area contributed by atoms with Crippen LogP contribution in [0, 0.1) is 5.92 Å². The maximum Gasteiger partial charge on any atom is 0.244 e. The van der Waals surface area contributed by atoms with Crippen molar-refractivity contribution in [2.45, 2.75) is 50.6 Å². The van der Waals surface area contributed by atoms with Gasteiger partial charge < -0.3 is 15.5 Å². The van der Waals surface area contributed by atoms with Crippen molar-refractivity contribution in [3.63, 3.8) is 0 Å². The second-order valence-electron chi connectivity index (χ2n) is 11.8. The average Bonchev–Trinajstić information content (AvgIpc) is 3.45. The second-order valence-corrected chi connectivity index (χ2v) is 11.8. The zero-order chi connectivity index (χ0) is 28.0. The van der Waals surface area contributed by atoms with Gasteiger partial charge in [-0.25, -0.2) is 4.98 Å². The Morgan fingerprint density at radius 2 is 1.85 bits per heavy atom. The molecular formula is C32H35N5O3. The molecule has 3 aromatic rings. The fourth-order valence-corrected chi connectivity index (χ4v) is 6.61. The van der Waals surface area contributed by atoms with E-state index in [2.05, 4.69) is 34.4 Å². The van der Waals surface area contributed by atoms with Crippen LogP contribution in [0.5, 0.6) is 0 Å². The maximum atomic E-state index is 13.7. The lowest BCUT2D eigenvalue weighted by molar-refractivity contribution is -0.148. The molecule has 2 aromatic carbocycles. The molecule has 1 aromatic heterocycles. The number of hydrogen-bond donors (Lipinski definition) is 2. The average molecular weight is 538 g/mol. The summed E-state index contributed by atoms with van der Waals surface area (Å²) in [5, 5.41) is 5.97. The van der Waals surface area contributed by atoms with E-state index in [1.807, 2.05) is 67.7 Å². The van der Waals surface area contributed by atoms with Crippen LogP contribution in [-0.4, -0.2) is 58.7 Å². The van der Waals surface area contributed by atoms with E-state index in [9.17, 15) is 14.4 Å². The van der Waals surface area contributed by atoms with E-state index < -0.39 is 5.41 Å². The summed E-state index contributed by atoms with van der Waals surface area (Å²) in [5.41, 5.74) is 4.10. The highest BCUT2D eigenvalue weighted by atomic mass is 16.2. The van der Waals surface area contributed by atoms with Crippen LogP contribution < -0.4 is 10.6 Å².